The van der Waals surface area contributed by atoms with Crippen molar-refractivity contribution in [3.8, 4) is 0 Å². The van der Waals surface area contributed by atoms with Gasteiger partial charge in [0.25, 0.3) is 0 Å². The van der Waals surface area contributed by atoms with Gasteiger partial charge in [-0.05, 0) is 18.6 Å². The molecule has 0 heterocycles. The number of nitrogens with zero attached hydrogens (tertiary/aromatic N) is 2. The van der Waals surface area contributed by atoms with E-state index in [0.717, 1.165) is 11.9 Å². The fourth-order valence-corrected chi connectivity index (χ4v) is 2.65. The van der Waals surface area contributed by atoms with Gasteiger partial charge in [-0.25, -0.2) is 8.42 Å². The Morgan fingerprint density at radius 1 is 1.18 bits per heavy atom. The molecule has 6 nitrogen and oxygen atoms in total. The monoisotopic (exact) mass is 327 g/mol. The van der Waals surface area contributed by atoms with Crippen LogP contribution in [0.25, 0.3) is 0 Å². The van der Waals surface area contributed by atoms with Crippen LogP contribution in [0, 0.1) is 0 Å². The lowest BCUT2D eigenvalue weighted by Gasteiger charge is -2.25. The molecule has 124 valence electrons. The number of nitrogens with two attached hydrogens (primary N) is 1. The first-order chi connectivity index (χ1) is 10.2. The number of carbonyl (C=O) groups excluding carboxylic acids is 1. The number of anilines is 1. The maximum Gasteiger partial charge on any atom is 0.239 e. The second-order valence-corrected chi connectivity index (χ2v) is 7.80. The second-order valence-electron chi connectivity index (χ2n) is 5.54. The van der Waals surface area contributed by atoms with Crippen LogP contribution in [-0.2, 0) is 14.6 Å². The lowest BCUT2D eigenvalue weighted by atomic mass is 10.2. The topological polar surface area (TPSA) is 83.7 Å². The molecule has 1 rings (SSSR count). The number of rotatable bonds is 8. The molecule has 1 atom stereocenters. The molecule has 0 aliphatic carbocycles. The average Bonchev–Trinajstić information content (AvgIpc) is 2.49. The Kier molecular flexibility index (Phi) is 6.83. The highest BCUT2D eigenvalue weighted by molar-refractivity contribution is 7.90. The molecule has 0 aliphatic heterocycles. The van der Waals surface area contributed by atoms with E-state index in [-0.39, 0.29) is 18.1 Å². The van der Waals surface area contributed by atoms with Gasteiger partial charge >= 0.3 is 0 Å². The summed E-state index contributed by atoms with van der Waals surface area (Å²) < 4.78 is 22.2. The number of likely N-dealkylation sites (N-methyl/N-ethyl adjacent to an activating group) is 2. The van der Waals surface area contributed by atoms with Crippen molar-refractivity contribution in [3.63, 3.8) is 0 Å². The Morgan fingerprint density at radius 2 is 1.77 bits per heavy atom. The molecule has 0 bridgehead atoms. The highest BCUT2D eigenvalue weighted by atomic mass is 32.2. The Bertz CT molecular complexity index is 575. The van der Waals surface area contributed by atoms with E-state index in [9.17, 15) is 13.2 Å². The van der Waals surface area contributed by atoms with Crippen LogP contribution in [0.15, 0.2) is 30.3 Å². The molecule has 1 unspecified atom stereocenters. The molecule has 0 aromatic heterocycles. The van der Waals surface area contributed by atoms with Crippen molar-refractivity contribution in [1.82, 2.24) is 4.90 Å². The fraction of sp³-hybridized carbons (Fsp3) is 0.533. The minimum Gasteiger partial charge on any atom is -0.373 e. The predicted molar refractivity (Wildman–Crippen MR) is 89.7 cm³/mol. The Labute approximate surface area is 132 Å². The SMILES string of the molecule is CN(CCN(C)c1ccccc1)C(=O)C(N)CCS(C)(=O)=O. The van der Waals surface area contributed by atoms with E-state index in [1.54, 1.807) is 11.9 Å². The zero-order chi connectivity index (χ0) is 16.8. The standard InChI is InChI=1S/C15H25N3O3S/c1-17(13-7-5-4-6-8-13)10-11-18(2)15(19)14(16)9-12-22(3,20)21/h4-8,14H,9-12,16H2,1-3H3. The van der Waals surface area contributed by atoms with Gasteiger partial charge in [0.15, 0.2) is 0 Å². The predicted octanol–water partition coefficient (Wildman–Crippen LogP) is 0.343. The van der Waals surface area contributed by atoms with Crippen molar-refractivity contribution in [1.29, 1.82) is 0 Å². The van der Waals surface area contributed by atoms with Crippen LogP contribution in [0.1, 0.15) is 6.42 Å². The van der Waals surface area contributed by atoms with Gasteiger partial charge in [-0.1, -0.05) is 18.2 Å². The summed E-state index contributed by atoms with van der Waals surface area (Å²) in [4.78, 5) is 15.7. The van der Waals surface area contributed by atoms with Gasteiger partial charge in [-0.3, -0.25) is 4.79 Å². The van der Waals surface area contributed by atoms with Gasteiger partial charge in [0, 0.05) is 39.1 Å². The summed E-state index contributed by atoms with van der Waals surface area (Å²) in [6.45, 7) is 1.20. The van der Waals surface area contributed by atoms with Crippen LogP contribution < -0.4 is 10.6 Å². The summed E-state index contributed by atoms with van der Waals surface area (Å²) in [5, 5.41) is 0. The number of hydrogen-bond donors (Lipinski definition) is 1. The number of carbonyl (C=O) groups is 1. The Morgan fingerprint density at radius 3 is 2.32 bits per heavy atom. The molecule has 0 aliphatic rings. The van der Waals surface area contributed by atoms with Crippen molar-refractivity contribution in [2.24, 2.45) is 5.73 Å². The minimum absolute atomic E-state index is 0.0718. The van der Waals surface area contributed by atoms with Crippen LogP contribution in [0.3, 0.4) is 0 Å². The van der Waals surface area contributed by atoms with Gasteiger partial charge in [0.2, 0.25) is 5.91 Å². The molecule has 0 saturated heterocycles. The quantitative estimate of drug-likeness (QED) is 0.744. The summed E-state index contributed by atoms with van der Waals surface area (Å²) in [6.07, 6.45) is 1.29. The molecule has 2 N–H and O–H groups in total. The van der Waals surface area contributed by atoms with Gasteiger partial charge in [0.05, 0.1) is 11.8 Å². The van der Waals surface area contributed by atoms with E-state index in [4.69, 9.17) is 5.73 Å². The lowest BCUT2D eigenvalue weighted by molar-refractivity contribution is -0.131. The Hall–Kier alpha value is -1.60. The van der Waals surface area contributed by atoms with E-state index in [2.05, 4.69) is 0 Å². The molecule has 7 heteroatoms. The number of para-hydroxylation sites is 1. The highest BCUT2D eigenvalue weighted by Crippen LogP contribution is 2.10. The summed E-state index contributed by atoms with van der Waals surface area (Å²) >= 11 is 0. The largest absolute Gasteiger partial charge is 0.373 e. The number of hydrogen-bond acceptors (Lipinski definition) is 5. The van der Waals surface area contributed by atoms with E-state index < -0.39 is 15.9 Å². The minimum atomic E-state index is -3.10. The van der Waals surface area contributed by atoms with Crippen LogP contribution in [-0.4, -0.2) is 64.5 Å². The van der Waals surface area contributed by atoms with Crippen LogP contribution in [0.5, 0.6) is 0 Å². The first-order valence-electron chi connectivity index (χ1n) is 7.15. The molecule has 1 aromatic rings. The first kappa shape index (κ1) is 18.4. The molecule has 0 radical (unpaired) electrons. The van der Waals surface area contributed by atoms with Crippen molar-refractivity contribution in [3.05, 3.63) is 30.3 Å². The van der Waals surface area contributed by atoms with Gasteiger partial charge in [-0.15, -0.1) is 0 Å². The average molecular weight is 327 g/mol. The zero-order valence-electron chi connectivity index (χ0n) is 13.4. The van der Waals surface area contributed by atoms with Crippen molar-refractivity contribution < 1.29 is 13.2 Å². The number of amides is 1. The van der Waals surface area contributed by atoms with E-state index in [0.29, 0.717) is 13.1 Å². The third kappa shape index (κ3) is 6.44. The van der Waals surface area contributed by atoms with E-state index in [1.165, 1.54) is 0 Å². The summed E-state index contributed by atoms with van der Waals surface area (Å²) in [5.41, 5.74) is 6.85. The van der Waals surface area contributed by atoms with Crippen LogP contribution in [0.2, 0.25) is 0 Å². The van der Waals surface area contributed by atoms with Crippen molar-refractivity contribution in [2.45, 2.75) is 12.5 Å². The molecule has 0 spiro atoms. The van der Waals surface area contributed by atoms with Crippen LogP contribution >= 0.6 is 0 Å². The summed E-state index contributed by atoms with van der Waals surface area (Å²) in [7, 11) is 0.538. The molecular formula is C15H25N3O3S. The molecule has 22 heavy (non-hydrogen) atoms. The lowest BCUT2D eigenvalue weighted by Crippen LogP contribution is -2.45. The maximum atomic E-state index is 12.1. The number of benzene rings is 1. The van der Waals surface area contributed by atoms with Gasteiger partial charge in [0.1, 0.15) is 9.84 Å². The fourth-order valence-electron chi connectivity index (χ4n) is 1.97. The summed E-state index contributed by atoms with van der Waals surface area (Å²) in [6, 6.07) is 9.10. The van der Waals surface area contributed by atoms with Crippen molar-refractivity contribution >= 4 is 21.4 Å². The third-order valence-electron chi connectivity index (χ3n) is 3.46. The third-order valence-corrected chi connectivity index (χ3v) is 4.44. The maximum absolute atomic E-state index is 12.1. The first-order valence-corrected chi connectivity index (χ1v) is 9.21. The van der Waals surface area contributed by atoms with Gasteiger partial charge in [-0.2, -0.15) is 0 Å². The molecule has 1 aromatic carbocycles. The smallest absolute Gasteiger partial charge is 0.239 e. The molecular weight excluding hydrogens is 302 g/mol. The van der Waals surface area contributed by atoms with Crippen LogP contribution in [0.4, 0.5) is 5.69 Å². The molecule has 1 amide bonds. The van der Waals surface area contributed by atoms with Gasteiger partial charge < -0.3 is 15.5 Å². The zero-order valence-corrected chi connectivity index (χ0v) is 14.2. The highest BCUT2D eigenvalue weighted by Gasteiger charge is 2.19. The normalized spacial score (nSPS) is 12.7. The van der Waals surface area contributed by atoms with E-state index in [1.807, 2.05) is 42.3 Å². The number of sulfone groups is 1. The molecule has 0 fully saturated rings. The second kappa shape index (κ2) is 8.14. The summed E-state index contributed by atoms with van der Waals surface area (Å²) in [5.74, 6) is -0.303. The van der Waals surface area contributed by atoms with Crippen molar-refractivity contribution in [2.75, 3.05) is 44.1 Å². The molecule has 0 saturated carbocycles. The van der Waals surface area contributed by atoms with E-state index >= 15 is 0 Å². The Balaban J connectivity index is 2.44.